The number of rotatable bonds is 22. The van der Waals surface area contributed by atoms with Gasteiger partial charge in [-0.3, -0.25) is 4.79 Å². The van der Waals surface area contributed by atoms with Crippen molar-refractivity contribution < 1.29 is 19.1 Å². The lowest BCUT2D eigenvalue weighted by Crippen LogP contribution is -2.16. The highest BCUT2D eigenvalue weighted by atomic mass is 16.5. The molecule has 0 aliphatic heterocycles. The van der Waals surface area contributed by atoms with Gasteiger partial charge in [-0.15, -0.1) is 0 Å². The summed E-state index contributed by atoms with van der Waals surface area (Å²) in [5, 5.41) is 4.05. The zero-order valence-corrected chi connectivity index (χ0v) is 24.8. The lowest BCUT2D eigenvalue weighted by molar-refractivity contribution is -0.121. The van der Waals surface area contributed by atoms with Gasteiger partial charge in [0.05, 0.1) is 18.4 Å². The minimum atomic E-state index is -0.429. The smallest absolute Gasteiger partial charge is 0.343 e. The lowest BCUT2D eigenvalue weighted by atomic mass is 10.0. The first-order valence-corrected chi connectivity index (χ1v) is 15.5. The summed E-state index contributed by atoms with van der Waals surface area (Å²) in [7, 11) is 0. The number of amides is 1. The molecular formula is C34H50N2O4. The van der Waals surface area contributed by atoms with E-state index in [1.807, 2.05) is 0 Å². The molecule has 0 aliphatic rings. The molecule has 0 aromatic heterocycles. The summed E-state index contributed by atoms with van der Waals surface area (Å²) in [5.41, 5.74) is 3.86. The largest absolute Gasteiger partial charge is 0.494 e. The number of unbranched alkanes of at least 4 members (excludes halogenated alkanes) is 13. The van der Waals surface area contributed by atoms with Gasteiger partial charge in [0.1, 0.15) is 11.5 Å². The van der Waals surface area contributed by atoms with Crippen molar-refractivity contribution in [3.63, 3.8) is 0 Å². The first-order chi connectivity index (χ1) is 19.6. The van der Waals surface area contributed by atoms with Crippen LogP contribution in [0.25, 0.3) is 0 Å². The Morgan fingerprint density at radius 2 is 1.20 bits per heavy atom. The summed E-state index contributed by atoms with van der Waals surface area (Å²) in [6, 6.07) is 13.9. The fourth-order valence-electron chi connectivity index (χ4n) is 4.35. The van der Waals surface area contributed by atoms with Gasteiger partial charge in [-0.1, -0.05) is 97.3 Å². The third-order valence-corrected chi connectivity index (χ3v) is 6.86. The van der Waals surface area contributed by atoms with Crippen LogP contribution in [0.5, 0.6) is 11.5 Å². The fraction of sp³-hybridized carbons (Fsp3) is 0.559. The Hall–Kier alpha value is -3.15. The van der Waals surface area contributed by atoms with E-state index in [0.29, 0.717) is 24.3 Å². The van der Waals surface area contributed by atoms with Crippen LogP contribution in [0.4, 0.5) is 0 Å². The molecule has 1 amide bonds. The van der Waals surface area contributed by atoms with Gasteiger partial charge >= 0.3 is 5.97 Å². The summed E-state index contributed by atoms with van der Waals surface area (Å²) in [6.07, 6.45) is 20.9. The van der Waals surface area contributed by atoms with Crippen molar-refractivity contribution in [1.82, 2.24) is 5.43 Å². The Bertz CT molecular complexity index is 970. The topological polar surface area (TPSA) is 77.0 Å². The molecule has 0 radical (unpaired) electrons. The highest BCUT2D eigenvalue weighted by Gasteiger charge is 2.09. The second-order valence-electron chi connectivity index (χ2n) is 10.5. The third kappa shape index (κ3) is 15.4. The van der Waals surface area contributed by atoms with E-state index in [4.69, 9.17) is 9.47 Å². The Balaban J connectivity index is 1.54. The maximum atomic E-state index is 12.4. The van der Waals surface area contributed by atoms with Crippen LogP contribution in [0.2, 0.25) is 0 Å². The number of esters is 1. The Kier molecular flexibility index (Phi) is 17.9. The van der Waals surface area contributed by atoms with Gasteiger partial charge < -0.3 is 9.47 Å². The van der Waals surface area contributed by atoms with E-state index < -0.39 is 5.97 Å². The van der Waals surface area contributed by atoms with E-state index in [9.17, 15) is 9.59 Å². The second-order valence-corrected chi connectivity index (χ2v) is 10.5. The van der Waals surface area contributed by atoms with Crippen molar-refractivity contribution in [3.05, 3.63) is 59.7 Å². The molecule has 6 nitrogen and oxygen atoms in total. The number of hydrazone groups is 1. The molecule has 40 heavy (non-hydrogen) atoms. The van der Waals surface area contributed by atoms with Crippen molar-refractivity contribution >= 4 is 18.1 Å². The van der Waals surface area contributed by atoms with Crippen molar-refractivity contribution in [3.8, 4) is 11.5 Å². The molecule has 0 spiro atoms. The number of hydrogen-bond acceptors (Lipinski definition) is 5. The first-order valence-electron chi connectivity index (χ1n) is 15.5. The van der Waals surface area contributed by atoms with Gasteiger partial charge in [-0.2, -0.15) is 5.10 Å². The normalized spacial score (nSPS) is 11.1. The average molecular weight is 551 g/mol. The van der Waals surface area contributed by atoms with E-state index in [1.54, 1.807) is 54.7 Å². The molecule has 2 aromatic rings. The summed E-state index contributed by atoms with van der Waals surface area (Å²) < 4.78 is 11.1. The molecule has 0 bridgehead atoms. The summed E-state index contributed by atoms with van der Waals surface area (Å²) >= 11 is 0. The zero-order chi connectivity index (χ0) is 28.7. The van der Waals surface area contributed by atoms with Gasteiger partial charge in [0, 0.05) is 6.42 Å². The number of ether oxygens (including phenoxy) is 2. The monoisotopic (exact) mass is 550 g/mol. The minimum Gasteiger partial charge on any atom is -0.494 e. The van der Waals surface area contributed by atoms with Crippen LogP contribution in [0.3, 0.4) is 0 Å². The maximum Gasteiger partial charge on any atom is 0.343 e. The molecule has 0 heterocycles. The average Bonchev–Trinajstić information content (AvgIpc) is 2.97. The predicted octanol–water partition coefficient (Wildman–Crippen LogP) is 9.02. The van der Waals surface area contributed by atoms with E-state index in [-0.39, 0.29) is 5.91 Å². The van der Waals surface area contributed by atoms with E-state index >= 15 is 0 Å². The molecule has 2 rings (SSSR count). The molecule has 6 heteroatoms. The van der Waals surface area contributed by atoms with Crippen molar-refractivity contribution in [1.29, 1.82) is 0 Å². The fourth-order valence-corrected chi connectivity index (χ4v) is 4.35. The lowest BCUT2D eigenvalue weighted by Gasteiger charge is -2.07. The number of nitrogens with one attached hydrogen (secondary N) is 1. The van der Waals surface area contributed by atoms with Crippen molar-refractivity contribution in [2.24, 2.45) is 5.10 Å². The van der Waals surface area contributed by atoms with Gasteiger partial charge in [0.25, 0.3) is 0 Å². The second kappa shape index (κ2) is 21.6. The van der Waals surface area contributed by atoms with E-state index in [1.165, 1.54) is 70.6 Å². The molecule has 0 saturated heterocycles. The number of hydrogen-bond donors (Lipinski definition) is 1. The van der Waals surface area contributed by atoms with Crippen molar-refractivity contribution in [2.45, 2.75) is 117 Å². The predicted molar refractivity (Wildman–Crippen MR) is 164 cm³/mol. The Labute approximate surface area is 241 Å². The molecule has 0 aliphatic carbocycles. The quantitative estimate of drug-likeness (QED) is 0.0522. The third-order valence-electron chi connectivity index (χ3n) is 6.86. The Morgan fingerprint density at radius 1 is 0.675 bits per heavy atom. The highest BCUT2D eigenvalue weighted by molar-refractivity contribution is 5.91. The number of carbonyl (C=O) groups is 2. The van der Waals surface area contributed by atoms with Crippen LogP contribution in [0.1, 0.15) is 133 Å². The standard InChI is InChI=1S/C34H50N2O4/c1-3-5-7-8-9-10-11-12-13-14-15-16-17-18-33(37)36-35-28-29-19-23-32(24-20-29)40-34(38)30-21-25-31(26-22-30)39-27-6-4-2/h19-26,28H,3-18,27H2,1-2H3,(H,36,37). The van der Waals surface area contributed by atoms with Crippen LogP contribution in [-0.4, -0.2) is 24.7 Å². The van der Waals surface area contributed by atoms with Gasteiger partial charge in [-0.05, 0) is 66.9 Å². The van der Waals surface area contributed by atoms with Crippen molar-refractivity contribution in [2.75, 3.05) is 6.61 Å². The van der Waals surface area contributed by atoms with Gasteiger partial charge in [0.2, 0.25) is 5.91 Å². The zero-order valence-electron chi connectivity index (χ0n) is 24.8. The maximum absolute atomic E-state index is 12.4. The number of benzene rings is 2. The van der Waals surface area contributed by atoms with E-state index in [0.717, 1.165) is 37.0 Å². The SMILES string of the molecule is CCCCCCCCCCCCCCCC(=O)NN=Cc1ccc(OC(=O)c2ccc(OCCCC)cc2)cc1. The summed E-state index contributed by atoms with van der Waals surface area (Å²) in [5.74, 6) is 0.690. The summed E-state index contributed by atoms with van der Waals surface area (Å²) in [4.78, 5) is 24.5. The van der Waals surface area contributed by atoms with Crippen LogP contribution in [-0.2, 0) is 4.79 Å². The number of nitrogens with zero attached hydrogens (tertiary/aromatic N) is 1. The van der Waals surface area contributed by atoms with E-state index in [2.05, 4.69) is 24.4 Å². The molecule has 0 unspecified atom stereocenters. The van der Waals surface area contributed by atoms with Crippen LogP contribution >= 0.6 is 0 Å². The Morgan fingerprint density at radius 3 is 1.77 bits per heavy atom. The van der Waals surface area contributed by atoms with Crippen LogP contribution in [0, 0.1) is 0 Å². The number of carbonyl (C=O) groups excluding carboxylic acids is 2. The molecule has 0 fully saturated rings. The molecule has 1 N–H and O–H groups in total. The van der Waals surface area contributed by atoms with Crippen LogP contribution in [0.15, 0.2) is 53.6 Å². The first kappa shape index (κ1) is 33.1. The molecule has 2 aromatic carbocycles. The molecule has 220 valence electrons. The molecular weight excluding hydrogens is 500 g/mol. The minimum absolute atomic E-state index is 0.0633. The van der Waals surface area contributed by atoms with Gasteiger partial charge in [-0.25, -0.2) is 10.2 Å². The summed E-state index contributed by atoms with van der Waals surface area (Å²) in [6.45, 7) is 5.04. The molecule has 0 saturated carbocycles. The van der Waals surface area contributed by atoms with Crippen LogP contribution < -0.4 is 14.9 Å². The molecule has 0 atom stereocenters. The van der Waals surface area contributed by atoms with Gasteiger partial charge in [0.15, 0.2) is 0 Å². The highest BCUT2D eigenvalue weighted by Crippen LogP contribution is 2.17.